The highest BCUT2D eigenvalue weighted by molar-refractivity contribution is 7.10. The van der Waals surface area contributed by atoms with Gasteiger partial charge in [0.1, 0.15) is 0 Å². The minimum atomic E-state index is 0.204. The van der Waals surface area contributed by atoms with E-state index in [1.165, 1.54) is 16.0 Å². The Kier molecular flexibility index (Phi) is 6.31. The summed E-state index contributed by atoms with van der Waals surface area (Å²) in [5.41, 5.74) is 3.60. The van der Waals surface area contributed by atoms with Crippen LogP contribution in [0.15, 0.2) is 35.7 Å². The summed E-state index contributed by atoms with van der Waals surface area (Å²) in [6.07, 6.45) is 2.03. The molecule has 29 heavy (non-hydrogen) atoms. The third kappa shape index (κ3) is 4.87. The van der Waals surface area contributed by atoms with Crippen LogP contribution < -0.4 is 0 Å². The Balaban J connectivity index is 1.20. The minimum absolute atomic E-state index is 0.204. The third-order valence-electron chi connectivity index (χ3n) is 6.13. The van der Waals surface area contributed by atoms with Gasteiger partial charge in [-0.25, -0.2) is 0 Å². The number of carbonyl (C=O) groups is 2. The van der Waals surface area contributed by atoms with Gasteiger partial charge < -0.3 is 9.80 Å². The Hall–Kier alpha value is -2.18. The van der Waals surface area contributed by atoms with E-state index < -0.39 is 0 Å². The number of hydrogen-bond acceptors (Lipinski definition) is 4. The molecule has 1 fully saturated rings. The van der Waals surface area contributed by atoms with Crippen LogP contribution in [0.2, 0.25) is 0 Å². The van der Waals surface area contributed by atoms with Gasteiger partial charge in [0.2, 0.25) is 11.8 Å². The van der Waals surface area contributed by atoms with Crippen molar-refractivity contribution >= 4 is 23.2 Å². The van der Waals surface area contributed by atoms with E-state index >= 15 is 0 Å². The zero-order chi connectivity index (χ0) is 20.2. The van der Waals surface area contributed by atoms with Crippen molar-refractivity contribution < 1.29 is 9.59 Å². The van der Waals surface area contributed by atoms with Gasteiger partial charge in [0, 0.05) is 57.1 Å². The molecule has 3 heterocycles. The molecule has 1 saturated heterocycles. The second kappa shape index (κ2) is 9.09. The lowest BCUT2D eigenvalue weighted by molar-refractivity contribution is -0.134. The maximum Gasteiger partial charge on any atom is 0.227 e. The maximum atomic E-state index is 12.6. The number of piperazine rings is 1. The SMILES string of the molecule is Cc1ccccc1CC(=O)N1CCN(CCC(=O)N2CCc3sccc3C2)CC1. The van der Waals surface area contributed by atoms with Gasteiger partial charge in [0.25, 0.3) is 0 Å². The standard InChI is InChI=1S/C23H29N3O2S/c1-18-4-2-3-5-19(18)16-23(28)25-13-11-24(12-14-25)9-7-22(27)26-10-6-21-20(17-26)8-15-29-21/h2-5,8,15H,6-7,9-14,16-17H2,1H3. The van der Waals surface area contributed by atoms with Crippen LogP contribution in [0.4, 0.5) is 0 Å². The molecule has 1 aromatic heterocycles. The lowest BCUT2D eigenvalue weighted by Crippen LogP contribution is -2.50. The van der Waals surface area contributed by atoms with Crippen LogP contribution in [0.1, 0.15) is 28.0 Å². The summed E-state index contributed by atoms with van der Waals surface area (Å²) < 4.78 is 0. The Morgan fingerprint density at radius 1 is 0.966 bits per heavy atom. The molecule has 2 aromatic rings. The summed E-state index contributed by atoms with van der Waals surface area (Å²) in [6, 6.07) is 10.2. The maximum absolute atomic E-state index is 12.6. The van der Waals surface area contributed by atoms with Crippen molar-refractivity contribution in [3.63, 3.8) is 0 Å². The van der Waals surface area contributed by atoms with Crippen LogP contribution in [0, 0.1) is 6.92 Å². The molecule has 1 aromatic carbocycles. The fourth-order valence-corrected chi connectivity index (χ4v) is 5.07. The van der Waals surface area contributed by atoms with E-state index in [2.05, 4.69) is 29.3 Å². The number of nitrogens with zero attached hydrogens (tertiary/aromatic N) is 3. The van der Waals surface area contributed by atoms with E-state index in [9.17, 15) is 9.59 Å². The molecule has 0 aliphatic carbocycles. The van der Waals surface area contributed by atoms with Gasteiger partial charge in [-0.1, -0.05) is 24.3 Å². The molecule has 0 unspecified atom stereocenters. The third-order valence-corrected chi connectivity index (χ3v) is 7.15. The van der Waals surface area contributed by atoms with Crippen LogP contribution in [-0.2, 0) is 29.0 Å². The highest BCUT2D eigenvalue weighted by atomic mass is 32.1. The van der Waals surface area contributed by atoms with E-state index in [1.807, 2.05) is 28.0 Å². The van der Waals surface area contributed by atoms with Gasteiger partial charge in [-0.15, -0.1) is 11.3 Å². The van der Waals surface area contributed by atoms with Crippen molar-refractivity contribution in [2.75, 3.05) is 39.3 Å². The zero-order valence-corrected chi connectivity index (χ0v) is 17.9. The first kappa shape index (κ1) is 20.1. The molecule has 6 heteroatoms. The smallest absolute Gasteiger partial charge is 0.227 e. The quantitative estimate of drug-likeness (QED) is 0.760. The van der Waals surface area contributed by atoms with Gasteiger partial charge >= 0.3 is 0 Å². The molecule has 4 rings (SSSR count). The molecular formula is C23H29N3O2S. The van der Waals surface area contributed by atoms with Crippen LogP contribution in [0.5, 0.6) is 0 Å². The molecule has 5 nitrogen and oxygen atoms in total. The second-order valence-electron chi connectivity index (χ2n) is 8.01. The highest BCUT2D eigenvalue weighted by Gasteiger charge is 2.24. The van der Waals surface area contributed by atoms with Crippen LogP contribution in [0.3, 0.4) is 0 Å². The van der Waals surface area contributed by atoms with Gasteiger partial charge in [-0.3, -0.25) is 14.5 Å². The Morgan fingerprint density at radius 3 is 2.55 bits per heavy atom. The molecule has 0 spiro atoms. The predicted molar refractivity (Wildman–Crippen MR) is 116 cm³/mol. The average molecular weight is 412 g/mol. The molecule has 154 valence electrons. The summed E-state index contributed by atoms with van der Waals surface area (Å²) >= 11 is 1.80. The Labute approximate surface area is 176 Å². The van der Waals surface area contributed by atoms with E-state index in [0.29, 0.717) is 12.8 Å². The van der Waals surface area contributed by atoms with Crippen LogP contribution in [-0.4, -0.2) is 65.8 Å². The van der Waals surface area contributed by atoms with E-state index in [4.69, 9.17) is 0 Å². The topological polar surface area (TPSA) is 43.9 Å². The number of thiophene rings is 1. The number of hydrogen-bond donors (Lipinski definition) is 0. The first-order chi connectivity index (χ1) is 14.1. The van der Waals surface area contributed by atoms with Crippen molar-refractivity contribution in [1.29, 1.82) is 0 Å². The summed E-state index contributed by atoms with van der Waals surface area (Å²) in [5, 5.41) is 2.12. The average Bonchev–Trinajstić information content (AvgIpc) is 3.22. The Bertz CT molecular complexity index is 871. The summed E-state index contributed by atoms with van der Waals surface area (Å²) in [4.78, 5) is 33.0. The highest BCUT2D eigenvalue weighted by Crippen LogP contribution is 2.24. The summed E-state index contributed by atoms with van der Waals surface area (Å²) in [7, 11) is 0. The summed E-state index contributed by atoms with van der Waals surface area (Å²) in [6.45, 7) is 7.64. The van der Waals surface area contributed by atoms with Crippen LogP contribution in [0.25, 0.3) is 0 Å². The summed E-state index contributed by atoms with van der Waals surface area (Å²) in [5.74, 6) is 0.454. The van der Waals surface area contributed by atoms with Crippen molar-refractivity contribution in [3.8, 4) is 0 Å². The molecule has 2 amide bonds. The fourth-order valence-electron chi connectivity index (χ4n) is 4.18. The zero-order valence-electron chi connectivity index (χ0n) is 17.1. The van der Waals surface area contributed by atoms with Crippen LogP contribution >= 0.6 is 11.3 Å². The minimum Gasteiger partial charge on any atom is -0.340 e. The van der Waals surface area contributed by atoms with E-state index in [1.54, 1.807) is 11.3 Å². The van der Waals surface area contributed by atoms with E-state index in [0.717, 1.165) is 57.8 Å². The lowest BCUT2D eigenvalue weighted by atomic mass is 10.1. The van der Waals surface area contributed by atoms with Gasteiger partial charge in [0.15, 0.2) is 0 Å². The number of aryl methyl sites for hydroxylation is 1. The van der Waals surface area contributed by atoms with Gasteiger partial charge in [-0.2, -0.15) is 0 Å². The molecule has 0 saturated carbocycles. The largest absolute Gasteiger partial charge is 0.340 e. The Morgan fingerprint density at radius 2 is 1.76 bits per heavy atom. The normalized spacial score (nSPS) is 17.3. The molecular weight excluding hydrogens is 382 g/mol. The number of carbonyl (C=O) groups excluding carboxylic acids is 2. The number of fused-ring (bicyclic) bond motifs is 1. The fraction of sp³-hybridized carbons (Fsp3) is 0.478. The molecule has 0 bridgehead atoms. The number of rotatable bonds is 5. The predicted octanol–water partition coefficient (Wildman–Crippen LogP) is 2.72. The number of amides is 2. The van der Waals surface area contributed by atoms with Gasteiger partial charge in [-0.05, 0) is 41.5 Å². The first-order valence-electron chi connectivity index (χ1n) is 10.5. The van der Waals surface area contributed by atoms with Gasteiger partial charge in [0.05, 0.1) is 6.42 Å². The van der Waals surface area contributed by atoms with Crippen molar-refractivity contribution in [1.82, 2.24) is 14.7 Å². The lowest BCUT2D eigenvalue weighted by Gasteiger charge is -2.35. The first-order valence-corrected chi connectivity index (χ1v) is 11.4. The van der Waals surface area contributed by atoms with E-state index in [-0.39, 0.29) is 11.8 Å². The molecule has 0 N–H and O–H groups in total. The molecule has 2 aliphatic heterocycles. The molecule has 0 atom stereocenters. The van der Waals surface area contributed by atoms with Crippen molar-refractivity contribution in [3.05, 3.63) is 57.3 Å². The monoisotopic (exact) mass is 411 g/mol. The number of benzene rings is 1. The van der Waals surface area contributed by atoms with Crippen molar-refractivity contribution in [2.45, 2.75) is 32.7 Å². The molecule has 2 aliphatic rings. The second-order valence-corrected chi connectivity index (χ2v) is 9.01. The molecule has 0 radical (unpaired) electrons. The van der Waals surface area contributed by atoms with Crippen molar-refractivity contribution in [2.24, 2.45) is 0 Å².